The van der Waals surface area contributed by atoms with E-state index in [1.54, 1.807) is 32.0 Å². The molecule has 1 aromatic heterocycles. The monoisotopic (exact) mass is 403 g/mol. The summed E-state index contributed by atoms with van der Waals surface area (Å²) < 4.78 is 6.14. The van der Waals surface area contributed by atoms with Crippen LogP contribution in [0.4, 0.5) is 5.69 Å². The summed E-state index contributed by atoms with van der Waals surface area (Å²) in [6.45, 7) is 3.59. The third kappa shape index (κ3) is 4.55. The van der Waals surface area contributed by atoms with Crippen LogP contribution in [0.5, 0.6) is 0 Å². The van der Waals surface area contributed by atoms with Crippen LogP contribution < -0.4 is 5.32 Å². The first-order chi connectivity index (χ1) is 11.8. The van der Waals surface area contributed by atoms with E-state index in [2.05, 4.69) is 21.2 Å². The Bertz CT molecular complexity index is 894. The number of nitrogens with one attached hydrogen (secondary N) is 1. The number of benzene rings is 1. The van der Waals surface area contributed by atoms with Gasteiger partial charge >= 0.3 is 0 Å². The molecule has 1 heterocycles. The molecule has 0 spiro atoms. The van der Waals surface area contributed by atoms with E-state index in [1.165, 1.54) is 18.2 Å². The van der Waals surface area contributed by atoms with E-state index in [1.807, 2.05) is 6.07 Å². The van der Waals surface area contributed by atoms with Crippen molar-refractivity contribution in [3.8, 4) is 17.4 Å². The van der Waals surface area contributed by atoms with Crippen LogP contribution in [0.15, 0.2) is 44.8 Å². The van der Waals surface area contributed by atoms with E-state index in [4.69, 9.17) is 9.68 Å². The number of furan rings is 1. The van der Waals surface area contributed by atoms with E-state index in [0.717, 1.165) is 0 Å². The second kappa shape index (κ2) is 7.77. The number of nitrogens with zero attached hydrogens (tertiary/aromatic N) is 2. The Labute approximate surface area is 152 Å². The lowest BCUT2D eigenvalue weighted by atomic mass is 10.1. The zero-order valence-corrected chi connectivity index (χ0v) is 15.0. The number of nitro groups is 1. The van der Waals surface area contributed by atoms with Crippen molar-refractivity contribution in [3.05, 3.63) is 56.3 Å². The smallest absolute Gasteiger partial charge is 0.270 e. The highest BCUT2D eigenvalue weighted by atomic mass is 79.9. The minimum absolute atomic E-state index is 0.0422. The molecular formula is C17H14BrN3O4. The molecule has 0 atom stereocenters. The van der Waals surface area contributed by atoms with E-state index in [0.29, 0.717) is 21.6 Å². The number of hydrogen-bond acceptors (Lipinski definition) is 5. The van der Waals surface area contributed by atoms with Crippen LogP contribution in [-0.4, -0.2) is 16.9 Å². The normalized spacial score (nSPS) is 11.2. The van der Waals surface area contributed by atoms with Gasteiger partial charge in [-0.15, -0.1) is 0 Å². The number of rotatable bonds is 5. The summed E-state index contributed by atoms with van der Waals surface area (Å²) in [6.07, 6.45) is 1.35. The van der Waals surface area contributed by atoms with E-state index in [-0.39, 0.29) is 17.3 Å². The number of amides is 1. The second-order valence-corrected chi connectivity index (χ2v) is 6.28. The molecule has 0 radical (unpaired) electrons. The lowest BCUT2D eigenvalue weighted by Crippen LogP contribution is -2.30. The second-order valence-electron chi connectivity index (χ2n) is 5.42. The molecule has 0 aliphatic heterocycles. The van der Waals surface area contributed by atoms with Gasteiger partial charge in [-0.3, -0.25) is 14.9 Å². The number of carbonyl (C=O) groups is 1. The van der Waals surface area contributed by atoms with Crippen molar-refractivity contribution < 1.29 is 14.1 Å². The van der Waals surface area contributed by atoms with Gasteiger partial charge < -0.3 is 9.73 Å². The molecule has 0 bridgehead atoms. The van der Waals surface area contributed by atoms with Crippen molar-refractivity contribution in [2.24, 2.45) is 0 Å². The summed E-state index contributed by atoms with van der Waals surface area (Å²) in [5.41, 5.74) is 0.507. The number of hydrogen-bond donors (Lipinski definition) is 1. The standard InChI is InChI=1S/C17H14BrN3O4/c1-10(2)20-17(22)11(9-19)7-13-4-6-16(25-13)14-5-3-12(21(23)24)8-15(14)18/h3-8,10H,1-2H3,(H,20,22)/b11-7+. The molecule has 0 saturated heterocycles. The van der Waals surface area contributed by atoms with E-state index < -0.39 is 10.8 Å². The maximum atomic E-state index is 11.9. The summed E-state index contributed by atoms with van der Waals surface area (Å²) in [5, 5.41) is 22.5. The van der Waals surface area contributed by atoms with Crippen molar-refractivity contribution in [2.45, 2.75) is 19.9 Å². The van der Waals surface area contributed by atoms with Crippen LogP contribution in [-0.2, 0) is 4.79 Å². The van der Waals surface area contributed by atoms with E-state index >= 15 is 0 Å². The summed E-state index contributed by atoms with van der Waals surface area (Å²) >= 11 is 3.28. The van der Waals surface area contributed by atoms with E-state index in [9.17, 15) is 14.9 Å². The lowest BCUT2D eigenvalue weighted by Gasteiger charge is -2.06. The topological polar surface area (TPSA) is 109 Å². The Hall–Kier alpha value is -2.92. The molecule has 8 heteroatoms. The minimum Gasteiger partial charge on any atom is -0.457 e. The summed E-state index contributed by atoms with van der Waals surface area (Å²) in [5.74, 6) is 0.303. The predicted octanol–water partition coefficient (Wildman–Crippen LogP) is 4.05. The Morgan fingerprint density at radius 3 is 2.68 bits per heavy atom. The van der Waals surface area contributed by atoms with Crippen LogP contribution >= 0.6 is 15.9 Å². The number of halogens is 1. The summed E-state index contributed by atoms with van der Waals surface area (Å²) in [6, 6.07) is 9.33. The summed E-state index contributed by atoms with van der Waals surface area (Å²) in [4.78, 5) is 22.2. The molecule has 0 aliphatic carbocycles. The third-order valence-corrected chi connectivity index (χ3v) is 3.78. The van der Waals surface area contributed by atoms with Gasteiger partial charge in [-0.1, -0.05) is 0 Å². The minimum atomic E-state index is -0.489. The zero-order chi connectivity index (χ0) is 18.6. The van der Waals surface area contributed by atoms with Crippen molar-refractivity contribution in [1.29, 1.82) is 5.26 Å². The molecule has 0 aliphatic rings. The van der Waals surface area contributed by atoms with Crippen molar-refractivity contribution in [3.63, 3.8) is 0 Å². The molecule has 0 saturated carbocycles. The number of nitriles is 1. The molecule has 0 fully saturated rings. The third-order valence-electron chi connectivity index (χ3n) is 3.13. The number of carbonyl (C=O) groups excluding carboxylic acids is 1. The Morgan fingerprint density at radius 1 is 1.40 bits per heavy atom. The zero-order valence-electron chi connectivity index (χ0n) is 13.4. The average Bonchev–Trinajstić information content (AvgIpc) is 2.99. The molecule has 2 aromatic rings. The molecule has 1 amide bonds. The molecule has 2 rings (SSSR count). The van der Waals surface area contributed by atoms with Gasteiger partial charge in [0.25, 0.3) is 11.6 Å². The maximum Gasteiger partial charge on any atom is 0.270 e. The predicted molar refractivity (Wildman–Crippen MR) is 95.4 cm³/mol. The highest BCUT2D eigenvalue weighted by Gasteiger charge is 2.14. The van der Waals surface area contributed by atoms with Gasteiger partial charge in [-0.25, -0.2) is 0 Å². The van der Waals surface area contributed by atoms with Crippen molar-refractivity contribution in [1.82, 2.24) is 5.32 Å². The van der Waals surface area contributed by atoms with Crippen LogP contribution in [0.1, 0.15) is 19.6 Å². The maximum absolute atomic E-state index is 11.9. The Morgan fingerprint density at radius 2 is 2.12 bits per heavy atom. The van der Waals surface area contributed by atoms with Gasteiger partial charge in [0.05, 0.1) is 4.92 Å². The Balaban J connectivity index is 2.31. The quantitative estimate of drug-likeness (QED) is 0.350. The number of nitro benzene ring substituents is 1. The first-order valence-corrected chi connectivity index (χ1v) is 8.08. The van der Waals surface area contributed by atoms with Crippen LogP contribution in [0, 0.1) is 21.4 Å². The molecule has 1 aromatic carbocycles. The lowest BCUT2D eigenvalue weighted by molar-refractivity contribution is -0.384. The first-order valence-electron chi connectivity index (χ1n) is 7.28. The fraction of sp³-hybridized carbons (Fsp3) is 0.176. The van der Waals surface area contributed by atoms with Gasteiger partial charge in [-0.05, 0) is 48.0 Å². The molecule has 1 N–H and O–H groups in total. The Kier molecular flexibility index (Phi) is 5.72. The highest BCUT2D eigenvalue weighted by Crippen LogP contribution is 2.32. The largest absolute Gasteiger partial charge is 0.457 e. The number of non-ortho nitro benzene ring substituents is 1. The van der Waals surface area contributed by atoms with Gasteiger partial charge in [-0.2, -0.15) is 5.26 Å². The molecule has 0 unspecified atom stereocenters. The average molecular weight is 404 g/mol. The summed E-state index contributed by atoms with van der Waals surface area (Å²) in [7, 11) is 0. The molecule has 128 valence electrons. The molecule has 25 heavy (non-hydrogen) atoms. The van der Waals surface area contributed by atoms with Gasteiger partial charge in [0.15, 0.2) is 0 Å². The van der Waals surface area contributed by atoms with Gasteiger partial charge in [0.2, 0.25) is 0 Å². The van der Waals surface area contributed by atoms with Gasteiger partial charge in [0.1, 0.15) is 23.2 Å². The molecular weight excluding hydrogens is 390 g/mol. The van der Waals surface area contributed by atoms with Gasteiger partial charge in [0, 0.05) is 34.3 Å². The van der Waals surface area contributed by atoms with Crippen molar-refractivity contribution >= 4 is 33.6 Å². The van der Waals surface area contributed by atoms with Crippen LogP contribution in [0.3, 0.4) is 0 Å². The fourth-order valence-electron chi connectivity index (χ4n) is 2.02. The fourth-order valence-corrected chi connectivity index (χ4v) is 2.59. The SMILES string of the molecule is CC(C)NC(=O)/C(C#N)=C/c1ccc(-c2ccc([N+](=O)[O-])cc2Br)o1. The highest BCUT2D eigenvalue weighted by molar-refractivity contribution is 9.10. The first kappa shape index (κ1) is 18.4. The van der Waals surface area contributed by atoms with Crippen LogP contribution in [0.2, 0.25) is 0 Å². The van der Waals surface area contributed by atoms with Crippen molar-refractivity contribution in [2.75, 3.05) is 0 Å². The molecule has 7 nitrogen and oxygen atoms in total. The van der Waals surface area contributed by atoms with Crippen LogP contribution in [0.25, 0.3) is 17.4 Å².